The maximum Gasteiger partial charge on any atom is 0.124 e. The number of rotatable bonds is 9. The molecule has 1 atom stereocenters. The first kappa shape index (κ1) is 14.5. The fourth-order valence-electron chi connectivity index (χ4n) is 0.676. The molecule has 0 aliphatic rings. The summed E-state index contributed by atoms with van der Waals surface area (Å²) in [6.07, 6.45) is 6.20. The summed E-state index contributed by atoms with van der Waals surface area (Å²) < 4.78 is 11.2. The van der Waals surface area contributed by atoms with Crippen molar-refractivity contribution in [1.82, 2.24) is 0 Å². The van der Waals surface area contributed by atoms with Gasteiger partial charge in [0, 0.05) is 5.75 Å². The van der Waals surface area contributed by atoms with Crippen LogP contribution in [0, 0.1) is 0 Å². The molecule has 4 heteroatoms. The minimum Gasteiger partial charge on any atom is -0.616 e. The predicted molar refractivity (Wildman–Crippen MR) is 72.2 cm³/mol. The lowest BCUT2D eigenvalue weighted by Gasteiger charge is -2.04. The second-order valence-corrected chi connectivity index (χ2v) is 6.64. The van der Waals surface area contributed by atoms with Gasteiger partial charge in [-0.15, -0.1) is 0 Å². The second-order valence-electron chi connectivity index (χ2n) is 2.71. The van der Waals surface area contributed by atoms with Gasteiger partial charge in [0.25, 0.3) is 0 Å². The summed E-state index contributed by atoms with van der Waals surface area (Å²) in [5.41, 5.74) is 0. The largest absolute Gasteiger partial charge is 0.616 e. The van der Waals surface area contributed by atoms with Crippen molar-refractivity contribution in [3.63, 3.8) is 0 Å². The van der Waals surface area contributed by atoms with Crippen molar-refractivity contribution in [3.8, 4) is 0 Å². The smallest absolute Gasteiger partial charge is 0.124 e. The molecule has 0 rings (SSSR count). The van der Waals surface area contributed by atoms with Gasteiger partial charge in [-0.25, -0.2) is 0 Å². The van der Waals surface area contributed by atoms with Crippen LogP contribution in [-0.4, -0.2) is 21.8 Å². The van der Waals surface area contributed by atoms with Crippen LogP contribution >= 0.6 is 21.6 Å². The van der Waals surface area contributed by atoms with Gasteiger partial charge >= 0.3 is 0 Å². The highest BCUT2D eigenvalue weighted by Crippen LogP contribution is 2.23. The van der Waals surface area contributed by atoms with Crippen LogP contribution in [0.2, 0.25) is 0 Å². The predicted octanol–water partition coefficient (Wildman–Crippen LogP) is 3.62. The Kier molecular flexibility index (Phi) is 12.0. The van der Waals surface area contributed by atoms with Crippen molar-refractivity contribution in [2.75, 3.05) is 17.3 Å². The van der Waals surface area contributed by atoms with Gasteiger partial charge in [-0.3, -0.25) is 0 Å². The molecule has 0 aromatic carbocycles. The average molecular weight is 250 g/mol. The molecule has 1 nitrogen and oxygen atoms in total. The summed E-state index contributed by atoms with van der Waals surface area (Å²) in [6, 6.07) is 0. The maximum absolute atomic E-state index is 11.2. The van der Waals surface area contributed by atoms with E-state index in [1.807, 2.05) is 22.3 Å². The third-order valence-corrected chi connectivity index (χ3v) is 4.70. The highest BCUT2D eigenvalue weighted by atomic mass is 33.1. The first-order valence-electron chi connectivity index (χ1n) is 4.70. The lowest BCUT2D eigenvalue weighted by molar-refractivity contribution is 0.601. The molecule has 0 saturated heterocycles. The quantitative estimate of drug-likeness (QED) is 0.270. The molecule has 0 fully saturated rings. The molecule has 14 heavy (non-hydrogen) atoms. The first-order valence-corrected chi connectivity index (χ1v) is 8.57. The molecule has 0 spiro atoms. The molecular formula is C10H18OS3. The molecule has 82 valence electrons. The van der Waals surface area contributed by atoms with Crippen LogP contribution in [0.5, 0.6) is 0 Å². The van der Waals surface area contributed by atoms with Crippen LogP contribution in [-0.2, 0) is 11.2 Å². The lowest BCUT2D eigenvalue weighted by Crippen LogP contribution is -2.06. The first-order chi connectivity index (χ1) is 6.81. The Hall–Kier alpha value is 0.490. The van der Waals surface area contributed by atoms with Gasteiger partial charge < -0.3 is 4.55 Å². The van der Waals surface area contributed by atoms with Crippen molar-refractivity contribution in [2.24, 2.45) is 0 Å². The Labute approximate surface area is 98.4 Å². The molecule has 0 aliphatic heterocycles. The number of hydrogen-bond acceptors (Lipinski definition) is 3. The topological polar surface area (TPSA) is 23.1 Å². The van der Waals surface area contributed by atoms with Gasteiger partial charge in [-0.1, -0.05) is 41.5 Å². The zero-order chi connectivity index (χ0) is 10.6. The molecule has 0 saturated carbocycles. The second kappa shape index (κ2) is 11.6. The zero-order valence-electron chi connectivity index (χ0n) is 8.61. The molecule has 0 aliphatic carbocycles. The van der Waals surface area contributed by atoms with Gasteiger partial charge in [-0.2, -0.15) is 0 Å². The lowest BCUT2D eigenvalue weighted by atomic mass is 10.4. The Morgan fingerprint density at radius 3 is 2.86 bits per heavy atom. The highest BCUT2D eigenvalue weighted by molar-refractivity contribution is 8.77. The summed E-state index contributed by atoms with van der Waals surface area (Å²) in [5.74, 6) is 2.44. The van der Waals surface area contributed by atoms with Crippen molar-refractivity contribution in [1.29, 1.82) is 0 Å². The van der Waals surface area contributed by atoms with E-state index in [0.717, 1.165) is 0 Å². The van der Waals surface area contributed by atoms with Crippen LogP contribution < -0.4 is 0 Å². The van der Waals surface area contributed by atoms with E-state index >= 15 is 0 Å². The monoisotopic (exact) mass is 250 g/mol. The maximum atomic E-state index is 11.2. The molecule has 0 aromatic rings. The van der Waals surface area contributed by atoms with E-state index in [1.54, 1.807) is 16.9 Å². The summed E-state index contributed by atoms with van der Waals surface area (Å²) in [5, 5.41) is 2.03. The molecular weight excluding hydrogens is 232 g/mol. The van der Waals surface area contributed by atoms with Crippen molar-refractivity contribution in [2.45, 2.75) is 19.8 Å². The van der Waals surface area contributed by atoms with E-state index in [-0.39, 0.29) is 0 Å². The van der Waals surface area contributed by atoms with Crippen molar-refractivity contribution < 1.29 is 4.55 Å². The zero-order valence-corrected chi connectivity index (χ0v) is 11.1. The van der Waals surface area contributed by atoms with Crippen LogP contribution in [0.25, 0.3) is 0 Å². The fraction of sp³-hybridized carbons (Fsp3) is 0.600. The van der Waals surface area contributed by atoms with E-state index < -0.39 is 11.2 Å². The minimum atomic E-state index is -0.756. The Morgan fingerprint density at radius 2 is 2.21 bits per heavy atom. The fourth-order valence-corrected chi connectivity index (χ4v) is 3.38. The highest BCUT2D eigenvalue weighted by Gasteiger charge is 1.97. The normalized spacial score (nSPS) is 13.3. The van der Waals surface area contributed by atoms with Gasteiger partial charge in [0.05, 0.1) is 0 Å². The minimum absolute atomic E-state index is 0.595. The Balaban J connectivity index is 3.22. The summed E-state index contributed by atoms with van der Waals surface area (Å²) in [6.45, 7) is 5.75. The van der Waals surface area contributed by atoms with E-state index in [2.05, 4.69) is 13.5 Å². The van der Waals surface area contributed by atoms with Gasteiger partial charge in [0.15, 0.2) is 0 Å². The van der Waals surface area contributed by atoms with Gasteiger partial charge in [0.2, 0.25) is 0 Å². The standard InChI is InChI=1S/C10H18OS3/c1-3-5-7-12-13-8-6-10-14(11)9-4-2/h4,6,8H,2-3,5,7,9-10H2,1H3/b8-6+. The summed E-state index contributed by atoms with van der Waals surface area (Å²) in [7, 11) is 3.58. The van der Waals surface area contributed by atoms with Crippen molar-refractivity contribution in [3.05, 3.63) is 24.1 Å². The average Bonchev–Trinajstić information content (AvgIpc) is 2.17. The summed E-state index contributed by atoms with van der Waals surface area (Å²) >= 11 is -0.756. The van der Waals surface area contributed by atoms with E-state index in [1.165, 1.54) is 18.6 Å². The van der Waals surface area contributed by atoms with Gasteiger partial charge in [-0.05, 0) is 35.2 Å². The Bertz CT molecular complexity index is 159. The van der Waals surface area contributed by atoms with Crippen LogP contribution in [0.4, 0.5) is 0 Å². The summed E-state index contributed by atoms with van der Waals surface area (Å²) in [4.78, 5) is 0. The third kappa shape index (κ3) is 10.6. The molecule has 0 N–H and O–H groups in total. The third-order valence-electron chi connectivity index (χ3n) is 1.39. The van der Waals surface area contributed by atoms with Crippen molar-refractivity contribution >= 4 is 32.8 Å². The molecule has 0 bridgehead atoms. The Morgan fingerprint density at radius 1 is 1.43 bits per heavy atom. The van der Waals surface area contributed by atoms with E-state index in [0.29, 0.717) is 11.5 Å². The number of hydrogen-bond donors (Lipinski definition) is 0. The van der Waals surface area contributed by atoms with Gasteiger partial charge in [0.1, 0.15) is 11.5 Å². The number of unbranched alkanes of at least 4 members (excludes halogenated alkanes) is 1. The molecule has 0 aromatic heterocycles. The van der Waals surface area contributed by atoms with E-state index in [4.69, 9.17) is 0 Å². The van der Waals surface area contributed by atoms with Crippen LogP contribution in [0.3, 0.4) is 0 Å². The van der Waals surface area contributed by atoms with Crippen LogP contribution in [0.15, 0.2) is 24.1 Å². The molecule has 0 heterocycles. The molecule has 0 radical (unpaired) electrons. The molecule has 1 unspecified atom stereocenters. The van der Waals surface area contributed by atoms with E-state index in [9.17, 15) is 4.55 Å². The SMILES string of the molecule is C=CC[S+]([O-])C/C=C/SSCCCC. The van der Waals surface area contributed by atoms with Crippen LogP contribution in [0.1, 0.15) is 19.8 Å². The molecule has 0 amide bonds.